The summed E-state index contributed by atoms with van der Waals surface area (Å²) < 4.78 is 34.3. The molecule has 11 heteroatoms. The minimum atomic E-state index is -4.20. The minimum Gasteiger partial charge on any atom is -0.494 e. The first-order valence-electron chi connectivity index (χ1n) is 13.2. The van der Waals surface area contributed by atoms with Crippen molar-refractivity contribution in [3.8, 4) is 5.75 Å². The van der Waals surface area contributed by atoms with E-state index in [1.165, 1.54) is 29.2 Å². The first kappa shape index (κ1) is 32.2. The van der Waals surface area contributed by atoms with Crippen molar-refractivity contribution >= 4 is 50.7 Å². The first-order chi connectivity index (χ1) is 19.4. The number of hydrogen-bond donors (Lipinski definition) is 1. The van der Waals surface area contributed by atoms with Crippen LogP contribution in [0.1, 0.15) is 33.3 Å². The molecule has 0 aliphatic carbocycles. The van der Waals surface area contributed by atoms with Crippen molar-refractivity contribution in [1.29, 1.82) is 0 Å². The SMILES string of the molecule is CCOc1ccc(N(CC(=O)N(Cc2ccc(Cl)cc2)[C@@H](C)C(=O)NCC(C)C)S(=O)(=O)c2ccc(Cl)cc2)cc1. The average Bonchev–Trinajstić information content (AvgIpc) is 2.94. The second-order valence-corrected chi connectivity index (χ2v) is 12.6. The summed E-state index contributed by atoms with van der Waals surface area (Å²) in [4.78, 5) is 28.4. The van der Waals surface area contributed by atoms with Crippen LogP contribution in [0.15, 0.2) is 77.7 Å². The highest BCUT2D eigenvalue weighted by molar-refractivity contribution is 7.92. The molecule has 0 aliphatic rings. The van der Waals surface area contributed by atoms with Crippen LogP contribution in [0.25, 0.3) is 0 Å². The highest BCUT2D eigenvalue weighted by Crippen LogP contribution is 2.27. The predicted octanol–water partition coefficient (Wildman–Crippen LogP) is 5.78. The summed E-state index contributed by atoms with van der Waals surface area (Å²) in [7, 11) is -4.20. The molecule has 0 radical (unpaired) electrons. The molecule has 0 fully saturated rings. The Morgan fingerprint density at radius 1 is 0.878 bits per heavy atom. The van der Waals surface area contributed by atoms with Crippen LogP contribution in [0, 0.1) is 5.92 Å². The van der Waals surface area contributed by atoms with Gasteiger partial charge in [-0.05, 0) is 86.0 Å². The van der Waals surface area contributed by atoms with Gasteiger partial charge in [0, 0.05) is 23.1 Å². The number of benzene rings is 3. The summed E-state index contributed by atoms with van der Waals surface area (Å²) >= 11 is 12.0. The molecule has 0 saturated carbocycles. The highest BCUT2D eigenvalue weighted by Gasteiger charge is 2.32. The third kappa shape index (κ3) is 8.86. The zero-order chi connectivity index (χ0) is 30.2. The van der Waals surface area contributed by atoms with E-state index in [9.17, 15) is 18.0 Å². The fourth-order valence-electron chi connectivity index (χ4n) is 3.96. The molecule has 0 spiro atoms. The zero-order valence-corrected chi connectivity index (χ0v) is 25.8. The van der Waals surface area contributed by atoms with Crippen molar-refractivity contribution in [2.45, 2.75) is 45.2 Å². The molecular weight excluding hydrogens is 585 g/mol. The normalized spacial score (nSPS) is 12.1. The van der Waals surface area contributed by atoms with Crippen LogP contribution in [0.2, 0.25) is 10.0 Å². The number of rotatable bonds is 13. The molecule has 1 N–H and O–H groups in total. The van der Waals surface area contributed by atoms with Gasteiger partial charge < -0.3 is 15.0 Å². The van der Waals surface area contributed by atoms with E-state index in [2.05, 4.69) is 5.32 Å². The van der Waals surface area contributed by atoms with Crippen LogP contribution >= 0.6 is 23.2 Å². The number of ether oxygens (including phenoxy) is 1. The average molecular weight is 621 g/mol. The molecule has 3 aromatic rings. The Bertz CT molecular complexity index is 1410. The van der Waals surface area contributed by atoms with Crippen molar-refractivity contribution in [1.82, 2.24) is 10.2 Å². The van der Waals surface area contributed by atoms with E-state index in [-0.39, 0.29) is 29.0 Å². The van der Waals surface area contributed by atoms with E-state index >= 15 is 0 Å². The topological polar surface area (TPSA) is 96.0 Å². The standard InChI is InChI=1S/C30H35Cl2N3O5S/c1-5-40-27-14-12-26(13-15-27)35(41(38,39)28-16-10-25(32)11-17-28)20-29(36)34(19-23-6-8-24(31)9-7-23)22(4)30(37)33-18-21(2)3/h6-17,21-22H,5,18-20H2,1-4H3,(H,33,37)/t22-/m0/s1. The largest absolute Gasteiger partial charge is 0.494 e. The molecule has 0 aliphatic heterocycles. The molecule has 0 unspecified atom stereocenters. The van der Waals surface area contributed by atoms with Gasteiger partial charge in [0.25, 0.3) is 10.0 Å². The number of anilines is 1. The summed E-state index contributed by atoms with van der Waals surface area (Å²) in [6.07, 6.45) is 0. The Hall–Kier alpha value is -3.27. The molecular formula is C30H35Cl2N3O5S. The summed E-state index contributed by atoms with van der Waals surface area (Å²) in [5.74, 6) is -0.120. The predicted molar refractivity (Wildman–Crippen MR) is 163 cm³/mol. The highest BCUT2D eigenvalue weighted by atomic mass is 35.5. The fourth-order valence-corrected chi connectivity index (χ4v) is 5.63. The summed E-state index contributed by atoms with van der Waals surface area (Å²) in [5, 5.41) is 3.77. The van der Waals surface area contributed by atoms with Crippen molar-refractivity contribution in [2.24, 2.45) is 5.92 Å². The summed E-state index contributed by atoms with van der Waals surface area (Å²) in [5.41, 5.74) is 1.000. The third-order valence-corrected chi connectivity index (χ3v) is 8.53. The first-order valence-corrected chi connectivity index (χ1v) is 15.4. The number of halogens is 2. The lowest BCUT2D eigenvalue weighted by molar-refractivity contribution is -0.139. The molecule has 0 bridgehead atoms. The molecule has 3 rings (SSSR count). The molecule has 41 heavy (non-hydrogen) atoms. The molecule has 1 atom stereocenters. The lowest BCUT2D eigenvalue weighted by Crippen LogP contribution is -2.51. The molecule has 3 aromatic carbocycles. The third-order valence-electron chi connectivity index (χ3n) is 6.23. The Labute approximate surface area is 252 Å². The lowest BCUT2D eigenvalue weighted by atomic mass is 10.1. The number of hydrogen-bond acceptors (Lipinski definition) is 5. The van der Waals surface area contributed by atoms with Gasteiger partial charge in [0.2, 0.25) is 11.8 Å². The van der Waals surface area contributed by atoms with Crippen LogP contribution in [-0.2, 0) is 26.2 Å². The molecule has 2 amide bonds. The van der Waals surface area contributed by atoms with Gasteiger partial charge in [-0.25, -0.2) is 8.42 Å². The number of nitrogens with one attached hydrogen (secondary N) is 1. The maximum Gasteiger partial charge on any atom is 0.264 e. The molecule has 0 saturated heterocycles. The Morgan fingerprint density at radius 2 is 1.44 bits per heavy atom. The van der Waals surface area contributed by atoms with Gasteiger partial charge in [0.1, 0.15) is 18.3 Å². The Morgan fingerprint density at radius 3 is 1.98 bits per heavy atom. The van der Waals surface area contributed by atoms with E-state index in [1.54, 1.807) is 55.5 Å². The number of sulfonamides is 1. The zero-order valence-electron chi connectivity index (χ0n) is 23.5. The van der Waals surface area contributed by atoms with Gasteiger partial charge in [0.05, 0.1) is 17.2 Å². The maximum atomic E-state index is 14.0. The maximum absolute atomic E-state index is 14.0. The van der Waals surface area contributed by atoms with Crippen LogP contribution in [0.3, 0.4) is 0 Å². The van der Waals surface area contributed by atoms with E-state index in [1.807, 2.05) is 20.8 Å². The summed E-state index contributed by atoms with van der Waals surface area (Å²) in [6, 6.07) is 18.2. The number of carbonyl (C=O) groups excluding carboxylic acids is 2. The lowest BCUT2D eigenvalue weighted by Gasteiger charge is -2.32. The second kappa shape index (κ2) is 14.6. The van der Waals surface area contributed by atoms with Crippen molar-refractivity contribution in [3.63, 3.8) is 0 Å². The second-order valence-electron chi connectivity index (χ2n) is 9.86. The van der Waals surface area contributed by atoms with Gasteiger partial charge in [-0.15, -0.1) is 0 Å². The van der Waals surface area contributed by atoms with Crippen molar-refractivity contribution < 1.29 is 22.7 Å². The van der Waals surface area contributed by atoms with E-state index < -0.39 is 28.5 Å². The molecule has 0 heterocycles. The number of carbonyl (C=O) groups is 2. The van der Waals surface area contributed by atoms with Gasteiger partial charge in [-0.1, -0.05) is 49.2 Å². The monoisotopic (exact) mass is 619 g/mol. The van der Waals surface area contributed by atoms with Crippen molar-refractivity contribution in [3.05, 3.63) is 88.4 Å². The van der Waals surface area contributed by atoms with Gasteiger partial charge in [-0.2, -0.15) is 0 Å². The van der Waals surface area contributed by atoms with Gasteiger partial charge >= 0.3 is 0 Å². The quantitative estimate of drug-likeness (QED) is 0.262. The van der Waals surface area contributed by atoms with Crippen LogP contribution in [-0.4, -0.2) is 50.9 Å². The van der Waals surface area contributed by atoms with Crippen LogP contribution in [0.5, 0.6) is 5.75 Å². The molecule has 220 valence electrons. The summed E-state index contributed by atoms with van der Waals surface area (Å²) in [6.45, 7) is 7.82. The Kier molecular flexibility index (Phi) is 11.5. The fraction of sp³-hybridized carbons (Fsp3) is 0.333. The number of amides is 2. The van der Waals surface area contributed by atoms with E-state index in [4.69, 9.17) is 27.9 Å². The van der Waals surface area contributed by atoms with E-state index in [0.29, 0.717) is 28.9 Å². The molecule has 0 aromatic heterocycles. The minimum absolute atomic E-state index is 0.0319. The van der Waals surface area contributed by atoms with Crippen LogP contribution in [0.4, 0.5) is 5.69 Å². The Balaban J connectivity index is 2.01. The van der Waals surface area contributed by atoms with Crippen LogP contribution < -0.4 is 14.4 Å². The van der Waals surface area contributed by atoms with Gasteiger partial charge in [-0.3, -0.25) is 13.9 Å². The number of nitrogens with zero attached hydrogens (tertiary/aromatic N) is 2. The van der Waals surface area contributed by atoms with Crippen molar-refractivity contribution in [2.75, 3.05) is 24.0 Å². The van der Waals surface area contributed by atoms with Gasteiger partial charge in [0.15, 0.2) is 0 Å². The molecule has 8 nitrogen and oxygen atoms in total. The van der Waals surface area contributed by atoms with E-state index in [0.717, 1.165) is 9.87 Å². The smallest absolute Gasteiger partial charge is 0.264 e.